The van der Waals surface area contributed by atoms with E-state index in [0.29, 0.717) is 0 Å². The van der Waals surface area contributed by atoms with Crippen LogP contribution in [0.2, 0.25) is 0 Å². The highest BCUT2D eigenvalue weighted by molar-refractivity contribution is 7.07. The fourth-order valence-corrected chi connectivity index (χ4v) is 4.83. The molecule has 3 aromatic carbocycles. The second kappa shape index (κ2) is 9.91. The summed E-state index contributed by atoms with van der Waals surface area (Å²) in [6, 6.07) is 22.9. The van der Waals surface area contributed by atoms with Crippen molar-refractivity contribution < 1.29 is 9.90 Å². The molecular weight excluding hydrogens is 454 g/mol. The van der Waals surface area contributed by atoms with Crippen LogP contribution in [-0.4, -0.2) is 26.3 Å². The maximum atomic E-state index is 10.9. The van der Waals surface area contributed by atoms with Crippen LogP contribution in [0, 0.1) is 0 Å². The number of carboxylic acids is 1. The fraction of sp³-hybridized carbons (Fsp3) is 0.0690. The van der Waals surface area contributed by atoms with E-state index in [-0.39, 0.29) is 0 Å². The first-order chi connectivity index (χ1) is 17.1. The number of benzene rings is 3. The SMILES string of the molecule is CCC(=C(c1ccc(C=CC(=O)O)cc1)c1ccc2[nH]ncc2c1)c1ccc(-c2cscn2)cc1. The second-order valence-electron chi connectivity index (χ2n) is 8.12. The topological polar surface area (TPSA) is 78.9 Å². The van der Waals surface area contributed by atoms with Crippen LogP contribution in [0.1, 0.15) is 35.6 Å². The van der Waals surface area contributed by atoms with E-state index in [0.717, 1.165) is 62.5 Å². The number of hydrogen-bond donors (Lipinski definition) is 2. The summed E-state index contributed by atoms with van der Waals surface area (Å²) in [7, 11) is 0. The molecule has 0 radical (unpaired) electrons. The number of aromatic amines is 1. The summed E-state index contributed by atoms with van der Waals surface area (Å²) in [5.41, 5.74) is 11.5. The molecule has 0 saturated heterocycles. The Balaban J connectivity index is 1.64. The van der Waals surface area contributed by atoms with Crippen LogP contribution in [0.4, 0.5) is 0 Å². The quantitative estimate of drug-likeness (QED) is 0.193. The van der Waals surface area contributed by atoms with Crippen LogP contribution in [0.3, 0.4) is 0 Å². The van der Waals surface area contributed by atoms with Gasteiger partial charge in [0.15, 0.2) is 0 Å². The number of nitrogens with one attached hydrogen (secondary N) is 1. The van der Waals surface area contributed by atoms with Gasteiger partial charge >= 0.3 is 5.97 Å². The highest BCUT2D eigenvalue weighted by atomic mass is 32.1. The maximum absolute atomic E-state index is 10.9. The molecule has 5 aromatic rings. The van der Waals surface area contributed by atoms with Crippen molar-refractivity contribution in [1.82, 2.24) is 15.2 Å². The lowest BCUT2D eigenvalue weighted by Gasteiger charge is -2.17. The molecule has 2 heterocycles. The third-order valence-corrected chi connectivity index (χ3v) is 6.55. The standard InChI is InChI=1S/C29H23N3O2S/c1-2-25(20-8-10-21(11-9-20)27-17-35-18-30-27)29(23-12-13-26-24(15-23)16-31-32-26)22-6-3-19(4-7-22)5-14-28(33)34/h3-18H,2H2,1H3,(H,31,32)(H,33,34). The first kappa shape index (κ1) is 22.5. The minimum atomic E-state index is -0.961. The molecule has 2 aromatic heterocycles. The number of carbonyl (C=O) groups is 1. The van der Waals surface area contributed by atoms with Gasteiger partial charge in [-0.2, -0.15) is 5.10 Å². The molecule has 0 atom stereocenters. The first-order valence-corrected chi connectivity index (χ1v) is 12.2. The van der Waals surface area contributed by atoms with Crippen LogP contribution in [0.25, 0.3) is 39.4 Å². The minimum Gasteiger partial charge on any atom is -0.478 e. The van der Waals surface area contributed by atoms with Gasteiger partial charge in [-0.05, 0) is 58.0 Å². The molecule has 0 aliphatic heterocycles. The van der Waals surface area contributed by atoms with Gasteiger partial charge in [-0.1, -0.05) is 61.5 Å². The molecule has 6 heteroatoms. The van der Waals surface area contributed by atoms with E-state index in [9.17, 15) is 4.79 Å². The summed E-state index contributed by atoms with van der Waals surface area (Å²) in [6.45, 7) is 2.17. The zero-order chi connectivity index (χ0) is 24.2. The van der Waals surface area contributed by atoms with Crippen molar-refractivity contribution in [2.24, 2.45) is 0 Å². The van der Waals surface area contributed by atoms with Gasteiger partial charge < -0.3 is 5.11 Å². The average molecular weight is 478 g/mol. The van der Waals surface area contributed by atoms with Crippen molar-refractivity contribution in [3.8, 4) is 11.3 Å². The highest BCUT2D eigenvalue weighted by Crippen LogP contribution is 2.36. The molecule has 0 aliphatic rings. The predicted molar refractivity (Wildman–Crippen MR) is 143 cm³/mol. The van der Waals surface area contributed by atoms with Crippen LogP contribution in [-0.2, 0) is 4.79 Å². The third kappa shape index (κ3) is 4.83. The number of aromatic nitrogens is 3. The molecule has 0 bridgehead atoms. The lowest BCUT2D eigenvalue weighted by Crippen LogP contribution is -1.96. The molecule has 0 aliphatic carbocycles. The van der Waals surface area contributed by atoms with Gasteiger partial charge in [0, 0.05) is 22.4 Å². The van der Waals surface area contributed by atoms with E-state index in [1.165, 1.54) is 5.57 Å². The van der Waals surface area contributed by atoms with E-state index in [1.54, 1.807) is 17.4 Å². The smallest absolute Gasteiger partial charge is 0.328 e. The fourth-order valence-electron chi connectivity index (χ4n) is 4.26. The lowest BCUT2D eigenvalue weighted by atomic mass is 9.87. The third-order valence-electron chi connectivity index (χ3n) is 5.96. The summed E-state index contributed by atoms with van der Waals surface area (Å²) in [5, 5.41) is 19.2. The summed E-state index contributed by atoms with van der Waals surface area (Å²) in [5.74, 6) is -0.961. The molecule has 5 nitrogen and oxygen atoms in total. The number of H-pyrrole nitrogens is 1. The molecule has 0 fully saturated rings. The van der Waals surface area contributed by atoms with Gasteiger partial charge in [-0.15, -0.1) is 11.3 Å². The van der Waals surface area contributed by atoms with Crippen molar-refractivity contribution >= 4 is 45.4 Å². The van der Waals surface area contributed by atoms with Crippen LogP contribution in [0.15, 0.2) is 89.9 Å². The largest absolute Gasteiger partial charge is 0.478 e. The summed E-state index contributed by atoms with van der Waals surface area (Å²) >= 11 is 1.59. The maximum Gasteiger partial charge on any atom is 0.328 e. The molecule has 0 spiro atoms. The summed E-state index contributed by atoms with van der Waals surface area (Å²) in [4.78, 5) is 15.3. The van der Waals surface area contributed by atoms with E-state index in [2.05, 4.69) is 82.1 Å². The zero-order valence-corrected chi connectivity index (χ0v) is 19.9. The van der Waals surface area contributed by atoms with Crippen molar-refractivity contribution in [3.05, 3.63) is 112 Å². The van der Waals surface area contributed by atoms with Crippen LogP contribution < -0.4 is 0 Å². The Labute approximate surface area is 207 Å². The number of rotatable bonds is 7. The Morgan fingerprint density at radius 3 is 2.43 bits per heavy atom. The van der Waals surface area contributed by atoms with Gasteiger partial charge in [-0.3, -0.25) is 5.10 Å². The molecule has 0 unspecified atom stereocenters. The molecule has 2 N–H and O–H groups in total. The zero-order valence-electron chi connectivity index (χ0n) is 19.1. The lowest BCUT2D eigenvalue weighted by molar-refractivity contribution is -0.131. The van der Waals surface area contributed by atoms with Gasteiger partial charge in [0.25, 0.3) is 0 Å². The number of aliphatic carboxylic acids is 1. The van der Waals surface area contributed by atoms with Crippen molar-refractivity contribution in [2.75, 3.05) is 0 Å². The Bertz CT molecular complexity index is 1530. The van der Waals surface area contributed by atoms with Gasteiger partial charge in [0.05, 0.1) is 22.9 Å². The Morgan fingerprint density at radius 2 is 1.74 bits per heavy atom. The van der Waals surface area contributed by atoms with Crippen molar-refractivity contribution in [3.63, 3.8) is 0 Å². The molecule has 172 valence electrons. The molecule has 0 amide bonds. The van der Waals surface area contributed by atoms with Crippen molar-refractivity contribution in [1.29, 1.82) is 0 Å². The number of allylic oxidation sites excluding steroid dienone is 1. The Kier molecular flexibility index (Phi) is 6.37. The number of thiazole rings is 1. The van der Waals surface area contributed by atoms with Crippen LogP contribution >= 0.6 is 11.3 Å². The van der Waals surface area contributed by atoms with E-state index >= 15 is 0 Å². The van der Waals surface area contributed by atoms with Gasteiger partial charge in [0.1, 0.15) is 0 Å². The second-order valence-corrected chi connectivity index (χ2v) is 8.84. The Morgan fingerprint density at radius 1 is 1.00 bits per heavy atom. The molecular formula is C29H23N3O2S. The number of nitrogens with zero attached hydrogens (tertiary/aromatic N) is 2. The van der Waals surface area contributed by atoms with Gasteiger partial charge in [0.2, 0.25) is 0 Å². The molecule has 5 rings (SSSR count). The molecule has 0 saturated carbocycles. The van der Waals surface area contributed by atoms with Gasteiger partial charge in [-0.25, -0.2) is 9.78 Å². The summed E-state index contributed by atoms with van der Waals surface area (Å²) in [6.07, 6.45) is 5.44. The number of fused-ring (bicyclic) bond motifs is 1. The first-order valence-electron chi connectivity index (χ1n) is 11.3. The summed E-state index contributed by atoms with van der Waals surface area (Å²) < 4.78 is 0. The van der Waals surface area contributed by atoms with E-state index in [1.807, 2.05) is 23.8 Å². The molecule has 35 heavy (non-hydrogen) atoms. The normalized spacial score (nSPS) is 12.3. The van der Waals surface area contributed by atoms with E-state index < -0.39 is 5.97 Å². The number of carboxylic acid groups (broad SMARTS) is 1. The monoisotopic (exact) mass is 477 g/mol. The number of hydrogen-bond acceptors (Lipinski definition) is 4. The average Bonchev–Trinajstić information content (AvgIpc) is 3.59. The van der Waals surface area contributed by atoms with E-state index in [4.69, 9.17) is 5.11 Å². The highest BCUT2D eigenvalue weighted by Gasteiger charge is 2.14. The Hall–Kier alpha value is -4.29. The predicted octanol–water partition coefficient (Wildman–Crippen LogP) is 7.15. The van der Waals surface area contributed by atoms with Crippen LogP contribution in [0.5, 0.6) is 0 Å². The minimum absolute atomic E-state index is 0.839. The van der Waals surface area contributed by atoms with Crippen molar-refractivity contribution in [2.45, 2.75) is 13.3 Å².